The van der Waals surface area contributed by atoms with Crippen LogP contribution in [0.2, 0.25) is 0 Å². The Balaban J connectivity index is 2.95. The lowest BCUT2D eigenvalue weighted by atomic mass is 10.2. The molecule has 1 aromatic carbocycles. The quantitative estimate of drug-likeness (QED) is 0.742. The smallest absolute Gasteiger partial charge is 0.290 e. The number of ether oxygens (including phenoxy) is 2. The second kappa shape index (κ2) is 6.42. The SMILES string of the molecule is CCOS(=O)(=O)C=Cc1ccc(OC)c(OC)c1. The highest BCUT2D eigenvalue weighted by atomic mass is 32.2. The Morgan fingerprint density at radius 3 is 2.39 bits per heavy atom. The molecule has 0 N–H and O–H groups in total. The monoisotopic (exact) mass is 272 g/mol. The second-order valence-corrected chi connectivity index (χ2v) is 4.81. The van der Waals surface area contributed by atoms with Crippen molar-refractivity contribution in [3.63, 3.8) is 0 Å². The maximum atomic E-state index is 11.3. The van der Waals surface area contributed by atoms with Gasteiger partial charge in [0.05, 0.1) is 26.2 Å². The van der Waals surface area contributed by atoms with Crippen LogP contribution in [0.15, 0.2) is 23.6 Å². The fraction of sp³-hybridized carbons (Fsp3) is 0.333. The van der Waals surface area contributed by atoms with Crippen LogP contribution in [0.1, 0.15) is 12.5 Å². The molecule has 0 saturated carbocycles. The van der Waals surface area contributed by atoms with Gasteiger partial charge in [-0.2, -0.15) is 8.42 Å². The molecule has 6 heteroatoms. The number of rotatable bonds is 6. The highest BCUT2D eigenvalue weighted by molar-refractivity contribution is 7.89. The summed E-state index contributed by atoms with van der Waals surface area (Å²) in [7, 11) is -0.567. The predicted molar refractivity (Wildman–Crippen MR) is 69.1 cm³/mol. The van der Waals surface area contributed by atoms with Gasteiger partial charge in [0, 0.05) is 0 Å². The molecule has 1 rings (SSSR count). The van der Waals surface area contributed by atoms with E-state index in [4.69, 9.17) is 9.47 Å². The summed E-state index contributed by atoms with van der Waals surface area (Å²) >= 11 is 0. The minimum Gasteiger partial charge on any atom is -0.493 e. The lowest BCUT2D eigenvalue weighted by molar-refractivity contribution is 0.345. The van der Waals surface area contributed by atoms with Crippen molar-refractivity contribution >= 4 is 16.2 Å². The Morgan fingerprint density at radius 1 is 1.17 bits per heavy atom. The standard InChI is InChI=1S/C12H16O5S/c1-4-17-18(13,14)8-7-10-5-6-11(15-2)12(9-10)16-3/h5-9H,4H2,1-3H3. The van der Waals surface area contributed by atoms with Crippen molar-refractivity contribution in [1.29, 1.82) is 0 Å². The normalized spacial score (nSPS) is 11.7. The van der Waals surface area contributed by atoms with E-state index in [1.54, 1.807) is 25.1 Å². The highest BCUT2D eigenvalue weighted by Crippen LogP contribution is 2.28. The summed E-state index contributed by atoms with van der Waals surface area (Å²) in [5, 5.41) is 1.01. The van der Waals surface area contributed by atoms with Gasteiger partial charge >= 0.3 is 0 Å². The zero-order valence-electron chi connectivity index (χ0n) is 10.5. The topological polar surface area (TPSA) is 61.8 Å². The van der Waals surface area contributed by atoms with E-state index in [2.05, 4.69) is 4.18 Å². The molecule has 0 bridgehead atoms. The molecule has 0 heterocycles. The van der Waals surface area contributed by atoms with Crippen LogP contribution in [0, 0.1) is 0 Å². The van der Waals surface area contributed by atoms with Crippen molar-refractivity contribution in [2.45, 2.75) is 6.92 Å². The Morgan fingerprint density at radius 2 is 1.83 bits per heavy atom. The van der Waals surface area contributed by atoms with Crippen LogP contribution in [0.3, 0.4) is 0 Å². The summed E-state index contributed by atoms with van der Waals surface area (Å²) in [6.45, 7) is 1.72. The Labute approximate surface area is 107 Å². The van der Waals surface area contributed by atoms with Gasteiger partial charge in [0.2, 0.25) is 0 Å². The third kappa shape index (κ3) is 4.05. The zero-order valence-corrected chi connectivity index (χ0v) is 11.4. The molecule has 0 amide bonds. The van der Waals surface area contributed by atoms with Gasteiger partial charge in [0.25, 0.3) is 10.1 Å². The average Bonchev–Trinajstić information content (AvgIpc) is 2.36. The maximum Gasteiger partial charge on any atom is 0.290 e. The minimum absolute atomic E-state index is 0.110. The molecule has 0 aliphatic heterocycles. The molecule has 0 spiro atoms. The van der Waals surface area contributed by atoms with E-state index in [0.717, 1.165) is 5.41 Å². The molecule has 0 unspecified atom stereocenters. The van der Waals surface area contributed by atoms with E-state index in [0.29, 0.717) is 17.1 Å². The van der Waals surface area contributed by atoms with Gasteiger partial charge in [0.1, 0.15) is 0 Å². The fourth-order valence-corrected chi connectivity index (χ4v) is 2.05. The van der Waals surface area contributed by atoms with Crippen molar-refractivity contribution in [2.24, 2.45) is 0 Å². The molecule has 5 nitrogen and oxygen atoms in total. The number of benzene rings is 1. The van der Waals surface area contributed by atoms with Gasteiger partial charge in [-0.05, 0) is 30.7 Å². The van der Waals surface area contributed by atoms with Crippen molar-refractivity contribution < 1.29 is 22.1 Å². The minimum atomic E-state index is -3.62. The van der Waals surface area contributed by atoms with E-state index in [1.165, 1.54) is 20.3 Å². The third-order valence-electron chi connectivity index (χ3n) is 2.12. The Bertz CT molecular complexity index is 519. The molecule has 0 radical (unpaired) electrons. The van der Waals surface area contributed by atoms with Crippen LogP contribution in [0.4, 0.5) is 0 Å². The molecule has 18 heavy (non-hydrogen) atoms. The number of methoxy groups -OCH3 is 2. The first-order valence-electron chi connectivity index (χ1n) is 5.32. The van der Waals surface area contributed by atoms with Gasteiger partial charge in [-0.15, -0.1) is 0 Å². The highest BCUT2D eigenvalue weighted by Gasteiger charge is 2.06. The van der Waals surface area contributed by atoms with E-state index in [9.17, 15) is 8.42 Å². The molecule has 0 saturated heterocycles. The molecule has 1 aromatic rings. The van der Waals surface area contributed by atoms with Crippen LogP contribution >= 0.6 is 0 Å². The first kappa shape index (κ1) is 14.5. The molecular weight excluding hydrogens is 256 g/mol. The molecule has 0 fully saturated rings. The van der Waals surface area contributed by atoms with Crippen LogP contribution < -0.4 is 9.47 Å². The number of hydrogen-bond donors (Lipinski definition) is 0. The molecular formula is C12H16O5S. The van der Waals surface area contributed by atoms with Crippen LogP contribution in [-0.2, 0) is 14.3 Å². The summed E-state index contributed by atoms with van der Waals surface area (Å²) in [5.74, 6) is 1.12. The predicted octanol–water partition coefficient (Wildman–Crippen LogP) is 2.04. The summed E-state index contributed by atoms with van der Waals surface area (Å²) in [6.07, 6.45) is 1.44. The van der Waals surface area contributed by atoms with Crippen molar-refractivity contribution in [3.05, 3.63) is 29.2 Å². The van der Waals surface area contributed by atoms with Crippen LogP contribution in [0.5, 0.6) is 11.5 Å². The van der Waals surface area contributed by atoms with Crippen molar-refractivity contribution in [1.82, 2.24) is 0 Å². The van der Waals surface area contributed by atoms with Gasteiger partial charge < -0.3 is 9.47 Å². The Kier molecular flexibility index (Phi) is 5.18. The van der Waals surface area contributed by atoms with Gasteiger partial charge in [0.15, 0.2) is 11.5 Å². The lowest BCUT2D eigenvalue weighted by Gasteiger charge is -2.07. The first-order chi connectivity index (χ1) is 8.52. The summed E-state index contributed by atoms with van der Waals surface area (Å²) in [4.78, 5) is 0. The molecule has 0 atom stereocenters. The van der Waals surface area contributed by atoms with Crippen molar-refractivity contribution in [3.8, 4) is 11.5 Å². The average molecular weight is 272 g/mol. The molecule has 0 aliphatic rings. The maximum absolute atomic E-state index is 11.3. The largest absolute Gasteiger partial charge is 0.493 e. The van der Waals surface area contributed by atoms with Crippen molar-refractivity contribution in [2.75, 3.05) is 20.8 Å². The number of hydrogen-bond acceptors (Lipinski definition) is 5. The van der Waals surface area contributed by atoms with Crippen LogP contribution in [0.25, 0.3) is 6.08 Å². The van der Waals surface area contributed by atoms with Gasteiger partial charge in [-0.1, -0.05) is 6.07 Å². The summed E-state index contributed by atoms with van der Waals surface area (Å²) in [6, 6.07) is 5.10. The van der Waals surface area contributed by atoms with Gasteiger partial charge in [-0.25, -0.2) is 0 Å². The zero-order chi connectivity index (χ0) is 13.6. The first-order valence-corrected chi connectivity index (χ1v) is 6.79. The van der Waals surface area contributed by atoms with E-state index in [-0.39, 0.29) is 6.61 Å². The fourth-order valence-electron chi connectivity index (χ4n) is 1.32. The second-order valence-electron chi connectivity index (χ2n) is 3.32. The molecule has 0 aliphatic carbocycles. The van der Waals surface area contributed by atoms with E-state index >= 15 is 0 Å². The Hall–Kier alpha value is -1.53. The third-order valence-corrected chi connectivity index (χ3v) is 3.15. The lowest BCUT2D eigenvalue weighted by Crippen LogP contribution is -2.00. The molecule has 100 valence electrons. The summed E-state index contributed by atoms with van der Waals surface area (Å²) in [5.41, 5.74) is 0.677. The van der Waals surface area contributed by atoms with E-state index in [1.807, 2.05) is 0 Å². The van der Waals surface area contributed by atoms with E-state index < -0.39 is 10.1 Å². The summed E-state index contributed by atoms with van der Waals surface area (Å²) < 4.78 is 37.4. The molecule has 0 aromatic heterocycles. The van der Waals surface area contributed by atoms with Gasteiger partial charge in [-0.3, -0.25) is 4.18 Å². The van der Waals surface area contributed by atoms with Crippen LogP contribution in [-0.4, -0.2) is 29.2 Å².